The molecule has 0 aliphatic carbocycles. The number of nitrogens with zero attached hydrogens (tertiary/aromatic N) is 3. The summed E-state index contributed by atoms with van der Waals surface area (Å²) in [5, 5.41) is 6.71. The monoisotopic (exact) mass is 332 g/mol. The van der Waals surface area contributed by atoms with E-state index in [-0.39, 0.29) is 17.8 Å². The average molecular weight is 332 g/mol. The first-order chi connectivity index (χ1) is 11.5. The first kappa shape index (κ1) is 16.4. The zero-order valence-electron chi connectivity index (χ0n) is 13.9. The van der Waals surface area contributed by atoms with Crippen molar-refractivity contribution in [3.8, 4) is 0 Å². The molecule has 2 heterocycles. The third kappa shape index (κ3) is 3.72. The van der Waals surface area contributed by atoms with E-state index in [2.05, 4.69) is 15.5 Å². The fourth-order valence-electron chi connectivity index (χ4n) is 2.95. The summed E-state index contributed by atoms with van der Waals surface area (Å²) >= 11 is 0. The van der Waals surface area contributed by atoms with Crippen molar-refractivity contribution in [2.75, 3.05) is 13.1 Å². The zero-order chi connectivity index (χ0) is 17.1. The summed E-state index contributed by atoms with van der Waals surface area (Å²) in [4.78, 5) is 18.4. The lowest BCUT2D eigenvalue weighted by Crippen LogP contribution is -2.44. The van der Waals surface area contributed by atoms with Crippen LogP contribution in [0.2, 0.25) is 0 Å². The molecule has 1 aromatic heterocycles. The van der Waals surface area contributed by atoms with Gasteiger partial charge in [0.1, 0.15) is 5.82 Å². The highest BCUT2D eigenvalue weighted by Gasteiger charge is 2.28. The fraction of sp³-hybridized carbons (Fsp3) is 0.471. The van der Waals surface area contributed by atoms with Crippen molar-refractivity contribution in [2.45, 2.75) is 39.2 Å². The number of rotatable bonds is 3. The van der Waals surface area contributed by atoms with Crippen molar-refractivity contribution in [3.05, 3.63) is 46.9 Å². The van der Waals surface area contributed by atoms with Crippen molar-refractivity contribution >= 4 is 6.03 Å². The molecule has 1 aromatic carbocycles. The highest BCUT2D eigenvalue weighted by Crippen LogP contribution is 2.25. The SMILES string of the molecule is Cc1noc([C@@H]2CCCN(C(=O)NCc3ccc(F)c(C)c3)C2)n1. The second kappa shape index (κ2) is 6.98. The molecule has 128 valence electrons. The van der Waals surface area contributed by atoms with Gasteiger partial charge in [-0.2, -0.15) is 4.98 Å². The van der Waals surface area contributed by atoms with Crippen LogP contribution in [0.3, 0.4) is 0 Å². The summed E-state index contributed by atoms with van der Waals surface area (Å²) < 4.78 is 18.5. The van der Waals surface area contributed by atoms with Crippen LogP contribution in [0, 0.1) is 19.7 Å². The fourth-order valence-corrected chi connectivity index (χ4v) is 2.95. The van der Waals surface area contributed by atoms with Gasteiger partial charge in [0.15, 0.2) is 5.82 Å². The van der Waals surface area contributed by atoms with Crippen molar-refractivity contribution in [3.63, 3.8) is 0 Å². The quantitative estimate of drug-likeness (QED) is 0.938. The Hall–Kier alpha value is -2.44. The van der Waals surface area contributed by atoms with Gasteiger partial charge >= 0.3 is 6.03 Å². The molecule has 24 heavy (non-hydrogen) atoms. The Kier molecular flexibility index (Phi) is 4.78. The molecule has 1 atom stereocenters. The Labute approximate surface area is 140 Å². The van der Waals surface area contributed by atoms with Crippen LogP contribution in [0.4, 0.5) is 9.18 Å². The second-order valence-corrected chi connectivity index (χ2v) is 6.21. The van der Waals surface area contributed by atoms with Gasteiger partial charge in [-0.05, 0) is 43.9 Å². The number of hydrogen-bond donors (Lipinski definition) is 1. The van der Waals surface area contributed by atoms with E-state index in [1.165, 1.54) is 6.07 Å². The molecule has 1 fully saturated rings. The largest absolute Gasteiger partial charge is 0.339 e. The maximum Gasteiger partial charge on any atom is 0.317 e. The number of benzene rings is 1. The molecule has 1 aliphatic heterocycles. The van der Waals surface area contributed by atoms with E-state index in [0.29, 0.717) is 36.9 Å². The van der Waals surface area contributed by atoms with E-state index in [1.54, 1.807) is 30.9 Å². The van der Waals surface area contributed by atoms with E-state index < -0.39 is 0 Å². The predicted octanol–water partition coefficient (Wildman–Crippen LogP) is 2.91. The number of carbonyl (C=O) groups excluding carboxylic acids is 1. The molecule has 7 heteroatoms. The zero-order valence-corrected chi connectivity index (χ0v) is 13.9. The molecule has 0 unspecified atom stereocenters. The van der Waals surface area contributed by atoms with Crippen molar-refractivity contribution < 1.29 is 13.7 Å². The van der Waals surface area contributed by atoms with Crippen molar-refractivity contribution in [1.82, 2.24) is 20.4 Å². The minimum absolute atomic E-state index is 0.0822. The maximum atomic E-state index is 13.3. The second-order valence-electron chi connectivity index (χ2n) is 6.21. The number of likely N-dealkylation sites (tertiary alicyclic amines) is 1. The highest BCUT2D eigenvalue weighted by molar-refractivity contribution is 5.74. The third-order valence-corrected chi connectivity index (χ3v) is 4.27. The number of nitrogens with one attached hydrogen (secondary N) is 1. The molecule has 1 N–H and O–H groups in total. The summed E-state index contributed by atoms with van der Waals surface area (Å²) in [5.74, 6) is 1.05. The first-order valence-electron chi connectivity index (χ1n) is 8.11. The summed E-state index contributed by atoms with van der Waals surface area (Å²) in [6, 6.07) is 4.72. The molecule has 0 bridgehead atoms. The van der Waals surface area contributed by atoms with Gasteiger partial charge in [-0.1, -0.05) is 17.3 Å². The number of carbonyl (C=O) groups is 1. The van der Waals surface area contributed by atoms with Crippen LogP contribution < -0.4 is 5.32 Å². The first-order valence-corrected chi connectivity index (χ1v) is 8.11. The molecule has 0 saturated carbocycles. The van der Waals surface area contributed by atoms with E-state index in [1.807, 2.05) is 0 Å². The summed E-state index contributed by atoms with van der Waals surface area (Å²) in [7, 11) is 0. The van der Waals surface area contributed by atoms with Crippen LogP contribution >= 0.6 is 0 Å². The number of urea groups is 1. The van der Waals surface area contributed by atoms with Crippen molar-refractivity contribution in [1.29, 1.82) is 0 Å². The highest BCUT2D eigenvalue weighted by atomic mass is 19.1. The molecule has 1 aliphatic rings. The third-order valence-electron chi connectivity index (χ3n) is 4.27. The molecular formula is C17H21FN4O2. The number of amides is 2. The van der Waals surface area contributed by atoms with Gasteiger partial charge in [-0.25, -0.2) is 9.18 Å². The lowest BCUT2D eigenvalue weighted by molar-refractivity contribution is 0.171. The Balaban J connectivity index is 1.57. The molecule has 0 radical (unpaired) electrons. The van der Waals surface area contributed by atoms with Crippen LogP contribution in [0.25, 0.3) is 0 Å². The van der Waals surface area contributed by atoms with E-state index in [4.69, 9.17) is 4.52 Å². The Morgan fingerprint density at radius 1 is 1.46 bits per heavy atom. The Morgan fingerprint density at radius 2 is 2.29 bits per heavy atom. The van der Waals surface area contributed by atoms with Crippen molar-refractivity contribution in [2.24, 2.45) is 0 Å². The van der Waals surface area contributed by atoms with Crippen LogP contribution in [-0.4, -0.2) is 34.2 Å². The molecule has 1 saturated heterocycles. The maximum absolute atomic E-state index is 13.3. The lowest BCUT2D eigenvalue weighted by atomic mass is 9.98. The molecule has 2 aromatic rings. The minimum atomic E-state index is -0.237. The smallest absolute Gasteiger partial charge is 0.317 e. The Morgan fingerprint density at radius 3 is 3.00 bits per heavy atom. The standard InChI is InChI=1S/C17H21FN4O2/c1-11-8-13(5-6-15(11)18)9-19-17(23)22-7-3-4-14(10-22)16-20-12(2)21-24-16/h5-6,8,14H,3-4,7,9-10H2,1-2H3,(H,19,23)/t14-/m1/s1. The van der Waals surface area contributed by atoms with Gasteiger partial charge < -0.3 is 14.7 Å². The number of piperidine rings is 1. The molecule has 3 rings (SSSR count). The number of aryl methyl sites for hydroxylation is 2. The van der Waals surface area contributed by atoms with Gasteiger partial charge in [-0.15, -0.1) is 0 Å². The van der Waals surface area contributed by atoms with Gasteiger partial charge in [0, 0.05) is 19.6 Å². The normalized spacial score (nSPS) is 17.8. The van der Waals surface area contributed by atoms with E-state index in [9.17, 15) is 9.18 Å². The number of aromatic nitrogens is 2. The van der Waals surface area contributed by atoms with Crippen LogP contribution in [0.1, 0.15) is 41.6 Å². The molecule has 0 spiro atoms. The van der Waals surface area contributed by atoms with Gasteiger partial charge in [-0.3, -0.25) is 0 Å². The topological polar surface area (TPSA) is 71.3 Å². The minimum Gasteiger partial charge on any atom is -0.339 e. The summed E-state index contributed by atoms with van der Waals surface area (Å²) in [6.45, 7) is 5.14. The van der Waals surface area contributed by atoms with Crippen LogP contribution in [0.15, 0.2) is 22.7 Å². The van der Waals surface area contributed by atoms with Gasteiger partial charge in [0.05, 0.1) is 5.92 Å². The number of hydrogen-bond acceptors (Lipinski definition) is 4. The molecule has 2 amide bonds. The predicted molar refractivity (Wildman–Crippen MR) is 86.0 cm³/mol. The van der Waals surface area contributed by atoms with Gasteiger partial charge in [0.25, 0.3) is 0 Å². The van der Waals surface area contributed by atoms with E-state index >= 15 is 0 Å². The van der Waals surface area contributed by atoms with Crippen LogP contribution in [0.5, 0.6) is 0 Å². The molecular weight excluding hydrogens is 311 g/mol. The average Bonchev–Trinajstić information content (AvgIpc) is 3.02. The van der Waals surface area contributed by atoms with Gasteiger partial charge in [0.2, 0.25) is 5.89 Å². The number of halogens is 1. The Bertz CT molecular complexity index is 731. The molecule has 6 nitrogen and oxygen atoms in total. The lowest BCUT2D eigenvalue weighted by Gasteiger charge is -2.31. The van der Waals surface area contributed by atoms with E-state index in [0.717, 1.165) is 18.4 Å². The summed E-state index contributed by atoms with van der Waals surface area (Å²) in [5.41, 5.74) is 1.45. The van der Waals surface area contributed by atoms with Crippen LogP contribution in [-0.2, 0) is 6.54 Å². The summed E-state index contributed by atoms with van der Waals surface area (Å²) in [6.07, 6.45) is 1.83.